The quantitative estimate of drug-likeness (QED) is 0.237. The summed E-state index contributed by atoms with van der Waals surface area (Å²) in [6.07, 6.45) is -1.13. The Morgan fingerprint density at radius 1 is 0.920 bits per heavy atom. The molecule has 25 heavy (non-hydrogen) atoms. The summed E-state index contributed by atoms with van der Waals surface area (Å²) in [5.74, 6) is -5.57. The van der Waals surface area contributed by atoms with Gasteiger partial charge in [0.1, 0.15) is 12.1 Å². The van der Waals surface area contributed by atoms with Gasteiger partial charge in [-0.1, -0.05) is 13.8 Å². The van der Waals surface area contributed by atoms with Gasteiger partial charge in [0.25, 0.3) is 0 Å². The molecular weight excluding hydrogens is 336 g/mol. The lowest BCUT2D eigenvalue weighted by atomic mass is 10.0. The fraction of sp³-hybridized carbons (Fsp3) is 0.643. The number of hydrogen-bond acceptors (Lipinski definition) is 6. The molecule has 0 fully saturated rings. The Balaban J connectivity index is 5.08. The average molecular weight is 360 g/mol. The molecule has 0 rings (SSSR count). The van der Waals surface area contributed by atoms with E-state index in [2.05, 4.69) is 5.32 Å². The maximum absolute atomic E-state index is 12.1. The molecule has 0 bridgehead atoms. The number of carbonyl (C=O) groups excluding carboxylic acids is 3. The molecule has 0 aromatic carbocycles. The molecule has 0 aromatic heterocycles. The molecule has 142 valence electrons. The molecule has 0 unspecified atom stereocenters. The molecule has 0 saturated heterocycles. The van der Waals surface area contributed by atoms with E-state index in [4.69, 9.17) is 21.7 Å². The van der Waals surface area contributed by atoms with Crippen molar-refractivity contribution >= 4 is 29.7 Å². The molecule has 0 aromatic rings. The van der Waals surface area contributed by atoms with Gasteiger partial charge in [-0.15, -0.1) is 0 Å². The normalized spacial score (nSPS) is 14.2. The van der Waals surface area contributed by atoms with E-state index in [9.17, 15) is 24.0 Å². The van der Waals surface area contributed by atoms with Gasteiger partial charge in [0.15, 0.2) is 0 Å². The summed E-state index contributed by atoms with van der Waals surface area (Å²) in [5, 5.41) is 21.8. The van der Waals surface area contributed by atoms with Gasteiger partial charge in [0.05, 0.1) is 18.9 Å². The van der Waals surface area contributed by atoms with Crippen molar-refractivity contribution in [2.75, 3.05) is 0 Å². The first-order valence-electron chi connectivity index (χ1n) is 7.53. The summed E-state index contributed by atoms with van der Waals surface area (Å²) < 4.78 is 0. The van der Waals surface area contributed by atoms with Crippen LogP contribution in [-0.2, 0) is 24.0 Å². The van der Waals surface area contributed by atoms with Crippen molar-refractivity contribution < 1.29 is 34.2 Å². The first-order chi connectivity index (χ1) is 11.4. The second kappa shape index (κ2) is 10.2. The molecule has 3 atom stereocenters. The Morgan fingerprint density at radius 2 is 1.44 bits per heavy atom. The second-order valence-electron chi connectivity index (χ2n) is 5.96. The molecule has 0 aliphatic carbocycles. The summed E-state index contributed by atoms with van der Waals surface area (Å²) in [4.78, 5) is 56.8. The summed E-state index contributed by atoms with van der Waals surface area (Å²) in [6, 6.07) is -4.11. The van der Waals surface area contributed by atoms with Gasteiger partial charge in [-0.25, -0.2) is 4.79 Å². The number of nitrogens with one attached hydrogen (secondary N) is 2. The van der Waals surface area contributed by atoms with Crippen LogP contribution in [0.3, 0.4) is 0 Å². The summed E-state index contributed by atoms with van der Waals surface area (Å²) in [7, 11) is 0. The number of nitrogens with two attached hydrogens (primary N) is 2. The van der Waals surface area contributed by atoms with E-state index in [1.54, 1.807) is 0 Å². The van der Waals surface area contributed by atoms with Crippen molar-refractivity contribution in [3.05, 3.63) is 0 Å². The van der Waals surface area contributed by atoms with E-state index < -0.39 is 60.6 Å². The van der Waals surface area contributed by atoms with Crippen LogP contribution < -0.4 is 22.1 Å². The molecular formula is C14H24N4O7. The van der Waals surface area contributed by atoms with Gasteiger partial charge in [0.2, 0.25) is 17.7 Å². The Morgan fingerprint density at radius 3 is 1.84 bits per heavy atom. The number of carbonyl (C=O) groups is 5. The number of carboxylic acid groups (broad SMARTS) is 2. The smallest absolute Gasteiger partial charge is 0.326 e. The second-order valence-corrected chi connectivity index (χ2v) is 5.96. The topological polar surface area (TPSA) is 202 Å². The van der Waals surface area contributed by atoms with E-state index >= 15 is 0 Å². The van der Waals surface area contributed by atoms with Crippen molar-refractivity contribution in [3.8, 4) is 0 Å². The third kappa shape index (κ3) is 9.25. The van der Waals surface area contributed by atoms with Crippen molar-refractivity contribution in [2.24, 2.45) is 17.4 Å². The molecule has 0 spiro atoms. The molecule has 8 N–H and O–H groups in total. The van der Waals surface area contributed by atoms with Gasteiger partial charge in [-0.2, -0.15) is 0 Å². The van der Waals surface area contributed by atoms with Gasteiger partial charge in [-0.3, -0.25) is 19.2 Å². The van der Waals surface area contributed by atoms with Crippen LogP contribution in [0, 0.1) is 5.92 Å². The average Bonchev–Trinajstić information content (AvgIpc) is 2.43. The number of amides is 3. The maximum atomic E-state index is 12.1. The minimum absolute atomic E-state index is 0.108. The van der Waals surface area contributed by atoms with Crippen molar-refractivity contribution in [1.29, 1.82) is 0 Å². The molecule has 3 amide bonds. The third-order valence-corrected chi connectivity index (χ3v) is 3.09. The highest BCUT2D eigenvalue weighted by molar-refractivity contribution is 5.95. The lowest BCUT2D eigenvalue weighted by Gasteiger charge is -2.22. The molecule has 0 aliphatic heterocycles. The fourth-order valence-corrected chi connectivity index (χ4v) is 1.95. The number of carboxylic acids is 2. The maximum Gasteiger partial charge on any atom is 0.326 e. The van der Waals surface area contributed by atoms with Crippen LogP contribution in [0.1, 0.15) is 33.1 Å². The largest absolute Gasteiger partial charge is 0.481 e. The van der Waals surface area contributed by atoms with Crippen LogP contribution >= 0.6 is 0 Å². The first kappa shape index (κ1) is 22.3. The highest BCUT2D eigenvalue weighted by Crippen LogP contribution is 2.04. The lowest BCUT2D eigenvalue weighted by molar-refractivity contribution is -0.147. The molecule has 0 saturated carbocycles. The van der Waals surface area contributed by atoms with Crippen LogP contribution in [0.5, 0.6) is 0 Å². The fourth-order valence-electron chi connectivity index (χ4n) is 1.95. The van der Waals surface area contributed by atoms with Gasteiger partial charge >= 0.3 is 11.9 Å². The van der Waals surface area contributed by atoms with E-state index in [1.807, 2.05) is 19.2 Å². The van der Waals surface area contributed by atoms with Crippen molar-refractivity contribution in [3.63, 3.8) is 0 Å². The van der Waals surface area contributed by atoms with Crippen molar-refractivity contribution in [2.45, 2.75) is 51.2 Å². The highest BCUT2D eigenvalue weighted by atomic mass is 16.4. The third-order valence-electron chi connectivity index (χ3n) is 3.09. The molecule has 11 nitrogen and oxygen atoms in total. The number of primary amides is 1. The molecule has 0 heterocycles. The zero-order valence-electron chi connectivity index (χ0n) is 14.0. The van der Waals surface area contributed by atoms with Gasteiger partial charge in [0, 0.05) is 0 Å². The van der Waals surface area contributed by atoms with Crippen LogP contribution in [-0.4, -0.2) is 58.0 Å². The zero-order valence-corrected chi connectivity index (χ0v) is 14.0. The summed E-state index contributed by atoms with van der Waals surface area (Å²) in [6.45, 7) is 3.67. The standard InChI is InChI=1S/C14H24N4O7/c1-6(2)3-7(15)12(22)17-8(4-10(16)19)13(23)18-9(14(24)25)5-11(20)21/h6-9H,3-5,15H2,1-2H3,(H2,16,19)(H,17,22)(H,18,23)(H,20,21)(H,24,25)/t7-,8-,9-/m0/s1. The van der Waals surface area contributed by atoms with E-state index in [1.165, 1.54) is 0 Å². The van der Waals surface area contributed by atoms with Crippen molar-refractivity contribution in [1.82, 2.24) is 10.6 Å². The van der Waals surface area contributed by atoms with Crippen LogP contribution in [0.15, 0.2) is 0 Å². The Hall–Kier alpha value is -2.69. The van der Waals surface area contributed by atoms with E-state index in [0.717, 1.165) is 0 Å². The Kier molecular flexibility index (Phi) is 9.13. The molecule has 11 heteroatoms. The predicted octanol–water partition coefficient (Wildman–Crippen LogP) is -2.24. The van der Waals surface area contributed by atoms with E-state index in [-0.39, 0.29) is 5.92 Å². The first-order valence-corrected chi connectivity index (χ1v) is 7.53. The van der Waals surface area contributed by atoms with Crippen LogP contribution in [0.25, 0.3) is 0 Å². The Bertz CT molecular complexity index is 535. The summed E-state index contributed by atoms with van der Waals surface area (Å²) in [5.41, 5.74) is 10.7. The highest BCUT2D eigenvalue weighted by Gasteiger charge is 2.30. The van der Waals surface area contributed by atoms with E-state index in [0.29, 0.717) is 6.42 Å². The predicted molar refractivity (Wildman–Crippen MR) is 85.0 cm³/mol. The lowest BCUT2D eigenvalue weighted by Crippen LogP contribution is -2.55. The van der Waals surface area contributed by atoms with Crippen LogP contribution in [0.4, 0.5) is 0 Å². The molecule has 0 aliphatic rings. The monoisotopic (exact) mass is 360 g/mol. The minimum Gasteiger partial charge on any atom is -0.481 e. The van der Waals surface area contributed by atoms with Crippen LogP contribution in [0.2, 0.25) is 0 Å². The number of aliphatic carboxylic acids is 2. The van der Waals surface area contributed by atoms with Gasteiger partial charge in [-0.05, 0) is 12.3 Å². The SMILES string of the molecule is CC(C)C[C@H](N)C(=O)N[C@@H](CC(N)=O)C(=O)N[C@@H](CC(=O)O)C(=O)O. The van der Waals surface area contributed by atoms with Gasteiger partial charge < -0.3 is 32.3 Å². The molecule has 0 radical (unpaired) electrons. The number of hydrogen-bond donors (Lipinski definition) is 6. The summed E-state index contributed by atoms with van der Waals surface area (Å²) >= 11 is 0. The Labute approximate surface area is 144 Å². The zero-order chi connectivity index (χ0) is 19.7. The number of rotatable bonds is 11. The minimum atomic E-state index is -1.72.